The normalized spacial score (nSPS) is 35.4. The van der Waals surface area contributed by atoms with Crippen molar-refractivity contribution in [1.82, 2.24) is 4.90 Å². The average Bonchev–Trinajstić information content (AvgIpc) is 2.46. The maximum atomic E-state index is 11.4. The van der Waals surface area contributed by atoms with Gasteiger partial charge in [0, 0.05) is 13.0 Å². The average molecular weight is 169 g/mol. The third-order valence-electron chi connectivity index (χ3n) is 3.25. The molecule has 1 atom stereocenters. The lowest BCUT2D eigenvalue weighted by Crippen LogP contribution is -2.51. The molecule has 3 heteroatoms. The number of fused-ring (bicyclic) bond motifs is 1. The molecule has 0 bridgehead atoms. The van der Waals surface area contributed by atoms with E-state index >= 15 is 0 Å². The lowest BCUT2D eigenvalue weighted by atomic mass is 9.87. The van der Waals surface area contributed by atoms with Gasteiger partial charge in [-0.2, -0.15) is 0 Å². The van der Waals surface area contributed by atoms with Crippen molar-refractivity contribution >= 4 is 5.91 Å². The maximum absolute atomic E-state index is 11.4. The first-order valence-corrected chi connectivity index (χ1v) is 4.70. The standard InChI is InChI=1S/C9H15NO2/c11-7-9-4-1-2-6-10(9)8(12)3-5-9/h11H,1-7H2. The van der Waals surface area contributed by atoms with E-state index in [2.05, 4.69) is 0 Å². The van der Waals surface area contributed by atoms with E-state index in [0.29, 0.717) is 6.42 Å². The SMILES string of the molecule is O=C1CCC2(CO)CCCCN12. The predicted octanol–water partition coefficient (Wildman–Crippen LogP) is 0.524. The fraction of sp³-hybridized carbons (Fsp3) is 0.889. The molecule has 68 valence electrons. The van der Waals surface area contributed by atoms with Gasteiger partial charge in [0.1, 0.15) is 0 Å². The molecule has 0 spiro atoms. The second kappa shape index (κ2) is 2.73. The minimum atomic E-state index is -0.157. The third-order valence-corrected chi connectivity index (χ3v) is 3.25. The van der Waals surface area contributed by atoms with Crippen molar-refractivity contribution < 1.29 is 9.90 Å². The second-order valence-corrected chi connectivity index (χ2v) is 3.88. The molecule has 0 aromatic heterocycles. The van der Waals surface area contributed by atoms with Crippen LogP contribution in [0.25, 0.3) is 0 Å². The Morgan fingerprint density at radius 2 is 2.25 bits per heavy atom. The van der Waals surface area contributed by atoms with Crippen LogP contribution in [0, 0.1) is 0 Å². The Kier molecular flexibility index (Phi) is 1.83. The molecule has 1 N–H and O–H groups in total. The van der Waals surface area contributed by atoms with Crippen molar-refractivity contribution in [1.29, 1.82) is 0 Å². The molecule has 2 rings (SSSR count). The molecule has 0 aromatic carbocycles. The van der Waals surface area contributed by atoms with Crippen LogP contribution in [-0.2, 0) is 4.79 Å². The zero-order chi connectivity index (χ0) is 8.60. The van der Waals surface area contributed by atoms with Crippen LogP contribution >= 0.6 is 0 Å². The number of aliphatic hydroxyl groups is 1. The first kappa shape index (κ1) is 8.05. The summed E-state index contributed by atoms with van der Waals surface area (Å²) in [7, 11) is 0. The summed E-state index contributed by atoms with van der Waals surface area (Å²) in [6, 6.07) is 0. The van der Waals surface area contributed by atoms with Crippen LogP contribution in [-0.4, -0.2) is 34.6 Å². The fourth-order valence-corrected chi connectivity index (χ4v) is 2.46. The minimum absolute atomic E-state index is 0.152. The molecule has 0 aliphatic carbocycles. The summed E-state index contributed by atoms with van der Waals surface area (Å²) in [5.41, 5.74) is -0.157. The van der Waals surface area contributed by atoms with Crippen molar-refractivity contribution in [2.45, 2.75) is 37.6 Å². The number of piperidine rings is 1. The van der Waals surface area contributed by atoms with Gasteiger partial charge >= 0.3 is 0 Å². The Bertz CT molecular complexity index is 205. The highest BCUT2D eigenvalue weighted by Crippen LogP contribution is 2.37. The molecule has 3 nitrogen and oxygen atoms in total. The van der Waals surface area contributed by atoms with E-state index in [1.165, 1.54) is 0 Å². The van der Waals surface area contributed by atoms with Gasteiger partial charge in [-0.05, 0) is 25.7 Å². The molecule has 1 unspecified atom stereocenters. The van der Waals surface area contributed by atoms with Crippen molar-refractivity contribution in [3.63, 3.8) is 0 Å². The number of hydrogen-bond donors (Lipinski definition) is 1. The van der Waals surface area contributed by atoms with Gasteiger partial charge in [-0.1, -0.05) is 0 Å². The van der Waals surface area contributed by atoms with Gasteiger partial charge in [-0.15, -0.1) is 0 Å². The number of amides is 1. The summed E-state index contributed by atoms with van der Waals surface area (Å²) in [5.74, 6) is 0.240. The summed E-state index contributed by atoms with van der Waals surface area (Å²) in [6.07, 6.45) is 4.76. The van der Waals surface area contributed by atoms with E-state index in [0.717, 1.165) is 32.2 Å². The molecule has 2 aliphatic heterocycles. The fourth-order valence-electron chi connectivity index (χ4n) is 2.46. The van der Waals surface area contributed by atoms with Gasteiger partial charge in [0.05, 0.1) is 12.1 Å². The van der Waals surface area contributed by atoms with Gasteiger partial charge in [0.25, 0.3) is 0 Å². The zero-order valence-electron chi connectivity index (χ0n) is 7.25. The Morgan fingerprint density at radius 3 is 2.92 bits per heavy atom. The number of rotatable bonds is 1. The monoisotopic (exact) mass is 169 g/mol. The summed E-state index contributed by atoms with van der Waals surface area (Å²) in [5, 5.41) is 9.28. The highest BCUT2D eigenvalue weighted by Gasteiger charge is 2.45. The first-order valence-electron chi connectivity index (χ1n) is 4.70. The largest absolute Gasteiger partial charge is 0.394 e. The smallest absolute Gasteiger partial charge is 0.223 e. The van der Waals surface area contributed by atoms with Crippen LogP contribution in [0.3, 0.4) is 0 Å². The Hall–Kier alpha value is -0.570. The molecule has 2 aliphatic rings. The summed E-state index contributed by atoms with van der Waals surface area (Å²) >= 11 is 0. The van der Waals surface area contributed by atoms with Gasteiger partial charge in [-0.25, -0.2) is 0 Å². The molecular formula is C9H15NO2. The van der Waals surface area contributed by atoms with Gasteiger partial charge in [-0.3, -0.25) is 4.79 Å². The minimum Gasteiger partial charge on any atom is -0.394 e. The predicted molar refractivity (Wildman–Crippen MR) is 44.6 cm³/mol. The first-order chi connectivity index (χ1) is 5.78. The molecule has 12 heavy (non-hydrogen) atoms. The number of carbonyl (C=O) groups excluding carboxylic acids is 1. The third kappa shape index (κ3) is 0.959. The van der Waals surface area contributed by atoms with E-state index in [1.54, 1.807) is 0 Å². The van der Waals surface area contributed by atoms with E-state index < -0.39 is 0 Å². The number of aliphatic hydroxyl groups excluding tert-OH is 1. The van der Waals surface area contributed by atoms with Crippen LogP contribution in [0.2, 0.25) is 0 Å². The lowest BCUT2D eigenvalue weighted by Gasteiger charge is -2.40. The molecule has 0 saturated carbocycles. The zero-order valence-corrected chi connectivity index (χ0v) is 7.25. The molecule has 2 fully saturated rings. The van der Waals surface area contributed by atoms with E-state index in [1.807, 2.05) is 4.90 Å². The molecule has 1 amide bonds. The van der Waals surface area contributed by atoms with Crippen LogP contribution in [0.1, 0.15) is 32.1 Å². The summed E-state index contributed by atoms with van der Waals surface area (Å²) in [4.78, 5) is 13.3. The maximum Gasteiger partial charge on any atom is 0.223 e. The van der Waals surface area contributed by atoms with E-state index in [4.69, 9.17) is 0 Å². The molecule has 0 aromatic rings. The Morgan fingerprint density at radius 1 is 1.42 bits per heavy atom. The Labute approximate surface area is 72.4 Å². The van der Waals surface area contributed by atoms with Crippen molar-refractivity contribution in [2.75, 3.05) is 13.2 Å². The van der Waals surface area contributed by atoms with E-state index in [9.17, 15) is 9.90 Å². The highest BCUT2D eigenvalue weighted by molar-refractivity contribution is 5.79. The van der Waals surface area contributed by atoms with Crippen LogP contribution in [0.4, 0.5) is 0 Å². The summed E-state index contributed by atoms with van der Waals surface area (Å²) < 4.78 is 0. The molecule has 2 heterocycles. The van der Waals surface area contributed by atoms with E-state index in [-0.39, 0.29) is 18.1 Å². The van der Waals surface area contributed by atoms with Crippen LogP contribution < -0.4 is 0 Å². The summed E-state index contributed by atoms with van der Waals surface area (Å²) in [6.45, 7) is 1.01. The van der Waals surface area contributed by atoms with Crippen molar-refractivity contribution in [3.8, 4) is 0 Å². The second-order valence-electron chi connectivity index (χ2n) is 3.88. The van der Waals surface area contributed by atoms with Gasteiger partial charge in [0.15, 0.2) is 0 Å². The lowest BCUT2D eigenvalue weighted by molar-refractivity contribution is -0.134. The Balaban J connectivity index is 2.22. The number of nitrogens with zero attached hydrogens (tertiary/aromatic N) is 1. The van der Waals surface area contributed by atoms with Crippen LogP contribution in [0.5, 0.6) is 0 Å². The molecule has 0 radical (unpaired) electrons. The molecular weight excluding hydrogens is 154 g/mol. The highest BCUT2D eigenvalue weighted by atomic mass is 16.3. The van der Waals surface area contributed by atoms with Crippen molar-refractivity contribution in [3.05, 3.63) is 0 Å². The van der Waals surface area contributed by atoms with Gasteiger partial charge in [0.2, 0.25) is 5.91 Å². The quantitative estimate of drug-likeness (QED) is 0.621. The topological polar surface area (TPSA) is 40.5 Å². The number of hydrogen-bond acceptors (Lipinski definition) is 2. The number of carbonyl (C=O) groups is 1. The van der Waals surface area contributed by atoms with Crippen LogP contribution in [0.15, 0.2) is 0 Å². The molecule has 2 saturated heterocycles. The van der Waals surface area contributed by atoms with Gasteiger partial charge < -0.3 is 10.0 Å². The van der Waals surface area contributed by atoms with Crippen molar-refractivity contribution in [2.24, 2.45) is 0 Å².